The van der Waals surface area contributed by atoms with Gasteiger partial charge in [-0.2, -0.15) is 0 Å². The fraction of sp³-hybridized carbons (Fsp3) is 0.556. The number of halogens is 1. The number of allylic oxidation sites excluding steroid dienone is 1. The van der Waals surface area contributed by atoms with Gasteiger partial charge in [0, 0.05) is 6.21 Å². The highest BCUT2D eigenvalue weighted by Gasteiger charge is 2.24. The van der Waals surface area contributed by atoms with Crippen LogP contribution < -0.4 is 0 Å². The van der Waals surface area contributed by atoms with Crippen LogP contribution in [0.3, 0.4) is 0 Å². The summed E-state index contributed by atoms with van der Waals surface area (Å²) in [5.74, 6) is -0.0795. The van der Waals surface area contributed by atoms with Crippen LogP contribution in [0.1, 0.15) is 20.8 Å². The molecule has 0 aromatic rings. The van der Waals surface area contributed by atoms with Crippen molar-refractivity contribution in [1.29, 1.82) is 0 Å². The molecule has 0 amide bonds. The first-order valence-electron chi connectivity index (χ1n) is 3.86. The Morgan fingerprint density at radius 3 is 2.50 bits per heavy atom. The van der Waals surface area contributed by atoms with Gasteiger partial charge in [-0.15, -0.1) is 0 Å². The van der Waals surface area contributed by atoms with Crippen LogP contribution in [0.15, 0.2) is 15.6 Å². The lowest BCUT2D eigenvalue weighted by Gasteiger charge is -2.22. The lowest BCUT2D eigenvalue weighted by molar-refractivity contribution is -0.113. The van der Waals surface area contributed by atoms with E-state index in [0.29, 0.717) is 5.03 Å². The van der Waals surface area contributed by atoms with E-state index in [-0.39, 0.29) is 17.7 Å². The zero-order valence-corrected chi connectivity index (χ0v) is 8.27. The molecule has 1 aliphatic rings. The minimum Gasteiger partial charge on any atom is -0.291 e. The minimum absolute atomic E-state index is 0.0795. The molecule has 0 atom stereocenters. The van der Waals surface area contributed by atoms with Gasteiger partial charge >= 0.3 is 0 Å². The highest BCUT2D eigenvalue weighted by molar-refractivity contribution is 6.45. The molecule has 1 rings (SSSR count). The molecule has 1 heterocycles. The normalized spacial score (nSPS) is 18.8. The van der Waals surface area contributed by atoms with E-state index in [0.717, 1.165) is 5.57 Å². The molecule has 0 N–H and O–H groups in total. The molecular weight excluding hydrogens is 174 g/mol. The second kappa shape index (κ2) is 3.02. The van der Waals surface area contributed by atoms with Crippen molar-refractivity contribution in [3.63, 3.8) is 0 Å². The van der Waals surface area contributed by atoms with E-state index in [1.165, 1.54) is 0 Å². The molecule has 0 aromatic heterocycles. The third-order valence-electron chi connectivity index (χ3n) is 1.74. The Hall–Kier alpha value is -0.630. The number of Topliss-reactive ketones (excluding diaryl/α,β-unsaturated/α-hetero) is 1. The number of carbonyl (C=O) groups excluding carboxylic acids is 1. The summed E-state index contributed by atoms with van der Waals surface area (Å²) < 4.78 is 0. The SMILES string of the molecule is CC(C)(C)C1=C(Cl)C(=O)CN=C1. The standard InChI is InChI=1S/C9H12ClNO/c1-9(2,3)6-4-11-5-7(12)8(6)10/h4H,5H2,1-3H3. The van der Waals surface area contributed by atoms with Crippen molar-refractivity contribution in [2.45, 2.75) is 20.8 Å². The highest BCUT2D eigenvalue weighted by Crippen LogP contribution is 2.30. The molecular formula is C9H12ClNO. The molecule has 0 unspecified atom stereocenters. The van der Waals surface area contributed by atoms with Crippen molar-refractivity contribution >= 4 is 23.6 Å². The van der Waals surface area contributed by atoms with Gasteiger partial charge in [0.2, 0.25) is 0 Å². The molecule has 66 valence electrons. The summed E-state index contributed by atoms with van der Waals surface area (Å²) in [5.41, 5.74) is 0.733. The van der Waals surface area contributed by atoms with Crippen molar-refractivity contribution in [1.82, 2.24) is 0 Å². The Morgan fingerprint density at radius 2 is 2.08 bits per heavy atom. The van der Waals surface area contributed by atoms with Gasteiger partial charge in [-0.3, -0.25) is 9.79 Å². The van der Waals surface area contributed by atoms with Crippen molar-refractivity contribution < 1.29 is 4.79 Å². The van der Waals surface area contributed by atoms with Gasteiger partial charge in [0.1, 0.15) is 6.54 Å². The van der Waals surface area contributed by atoms with Crippen molar-refractivity contribution in [2.75, 3.05) is 6.54 Å². The molecule has 0 saturated carbocycles. The fourth-order valence-electron chi connectivity index (χ4n) is 1.02. The Morgan fingerprint density at radius 1 is 1.50 bits per heavy atom. The molecule has 0 radical (unpaired) electrons. The molecule has 2 nitrogen and oxygen atoms in total. The van der Waals surface area contributed by atoms with E-state index in [1.54, 1.807) is 6.21 Å². The molecule has 0 spiro atoms. The highest BCUT2D eigenvalue weighted by atomic mass is 35.5. The number of rotatable bonds is 0. The molecule has 0 aromatic carbocycles. The fourth-order valence-corrected chi connectivity index (χ4v) is 1.41. The predicted molar refractivity (Wildman–Crippen MR) is 50.7 cm³/mol. The molecule has 1 aliphatic heterocycles. The average Bonchev–Trinajstić information content (AvgIpc) is 1.92. The van der Waals surface area contributed by atoms with E-state index in [2.05, 4.69) is 4.99 Å². The Kier molecular flexibility index (Phi) is 2.38. The monoisotopic (exact) mass is 185 g/mol. The molecule has 0 saturated heterocycles. The van der Waals surface area contributed by atoms with Crippen molar-refractivity contribution in [2.24, 2.45) is 10.4 Å². The second-order valence-corrected chi connectivity index (χ2v) is 4.25. The topological polar surface area (TPSA) is 29.4 Å². The predicted octanol–water partition coefficient (Wildman–Crippen LogP) is 2.18. The number of hydrogen-bond acceptors (Lipinski definition) is 2. The first kappa shape index (κ1) is 9.46. The van der Waals surface area contributed by atoms with Crippen LogP contribution >= 0.6 is 11.6 Å². The van der Waals surface area contributed by atoms with Gasteiger partial charge < -0.3 is 0 Å². The minimum atomic E-state index is -0.101. The molecule has 3 heteroatoms. The van der Waals surface area contributed by atoms with Crippen LogP contribution in [0.4, 0.5) is 0 Å². The summed E-state index contributed by atoms with van der Waals surface area (Å²) in [4.78, 5) is 15.1. The number of ketones is 1. The largest absolute Gasteiger partial charge is 0.291 e. The van der Waals surface area contributed by atoms with Crippen LogP contribution in [0, 0.1) is 5.41 Å². The van der Waals surface area contributed by atoms with Gasteiger partial charge in [-0.25, -0.2) is 0 Å². The van der Waals surface area contributed by atoms with E-state index in [9.17, 15) is 4.79 Å². The summed E-state index contributed by atoms with van der Waals surface area (Å²) >= 11 is 5.86. The molecule has 0 fully saturated rings. The number of nitrogens with zero attached hydrogens (tertiary/aromatic N) is 1. The van der Waals surface area contributed by atoms with Crippen LogP contribution in [0.25, 0.3) is 0 Å². The van der Waals surface area contributed by atoms with Gasteiger partial charge in [0.05, 0.1) is 5.03 Å². The summed E-state index contributed by atoms with van der Waals surface area (Å²) in [6.07, 6.45) is 1.70. The Labute approximate surface area is 77.3 Å². The van der Waals surface area contributed by atoms with Crippen LogP contribution in [0.2, 0.25) is 0 Å². The quantitative estimate of drug-likeness (QED) is 0.569. The van der Waals surface area contributed by atoms with E-state index in [1.807, 2.05) is 20.8 Å². The third-order valence-corrected chi connectivity index (χ3v) is 2.16. The van der Waals surface area contributed by atoms with E-state index < -0.39 is 0 Å². The second-order valence-electron chi connectivity index (χ2n) is 3.87. The maximum atomic E-state index is 11.1. The van der Waals surface area contributed by atoms with E-state index >= 15 is 0 Å². The third kappa shape index (κ3) is 1.75. The van der Waals surface area contributed by atoms with Crippen LogP contribution in [0.5, 0.6) is 0 Å². The summed E-state index contributed by atoms with van der Waals surface area (Å²) in [7, 11) is 0. The number of dihydropyridines is 1. The zero-order valence-electron chi connectivity index (χ0n) is 7.52. The Bertz CT molecular complexity index is 271. The summed E-state index contributed by atoms with van der Waals surface area (Å²) in [6, 6.07) is 0. The molecule has 12 heavy (non-hydrogen) atoms. The van der Waals surface area contributed by atoms with Gasteiger partial charge in [-0.05, 0) is 11.0 Å². The van der Waals surface area contributed by atoms with Gasteiger partial charge in [-0.1, -0.05) is 32.4 Å². The van der Waals surface area contributed by atoms with Crippen LogP contribution in [-0.2, 0) is 4.79 Å². The average molecular weight is 186 g/mol. The smallest absolute Gasteiger partial charge is 0.195 e. The molecule has 0 aliphatic carbocycles. The van der Waals surface area contributed by atoms with E-state index in [4.69, 9.17) is 11.6 Å². The zero-order chi connectivity index (χ0) is 9.35. The number of carbonyl (C=O) groups is 1. The van der Waals surface area contributed by atoms with Gasteiger partial charge in [0.25, 0.3) is 0 Å². The first-order valence-corrected chi connectivity index (χ1v) is 4.24. The van der Waals surface area contributed by atoms with Gasteiger partial charge in [0.15, 0.2) is 5.78 Å². The Balaban J connectivity index is 3.10. The van der Waals surface area contributed by atoms with Crippen molar-refractivity contribution in [3.8, 4) is 0 Å². The maximum Gasteiger partial charge on any atom is 0.195 e. The summed E-state index contributed by atoms with van der Waals surface area (Å²) in [6.45, 7) is 6.22. The lowest BCUT2D eigenvalue weighted by atomic mass is 9.85. The summed E-state index contributed by atoms with van der Waals surface area (Å²) in [5, 5.41) is 0.345. The maximum absolute atomic E-state index is 11.1. The molecule has 0 bridgehead atoms. The number of aliphatic imine (C=N–C) groups is 1. The first-order chi connectivity index (χ1) is 5.43. The van der Waals surface area contributed by atoms with Crippen LogP contribution in [-0.4, -0.2) is 18.5 Å². The van der Waals surface area contributed by atoms with Crippen molar-refractivity contribution in [3.05, 3.63) is 10.6 Å². The lowest BCUT2D eigenvalue weighted by Crippen LogP contribution is -2.20. The number of hydrogen-bond donors (Lipinski definition) is 0.